The van der Waals surface area contributed by atoms with Gasteiger partial charge in [-0.05, 0) is 42.3 Å². The van der Waals surface area contributed by atoms with Crippen molar-refractivity contribution >= 4 is 23.2 Å². The van der Waals surface area contributed by atoms with Crippen molar-refractivity contribution in [1.29, 1.82) is 0 Å². The molecule has 0 saturated carbocycles. The van der Waals surface area contributed by atoms with Crippen molar-refractivity contribution in [3.8, 4) is 0 Å². The maximum Gasteiger partial charge on any atom is 0.0637 e. The average molecular weight is 281 g/mol. The molecular weight excluding hydrogens is 267 g/mol. The van der Waals surface area contributed by atoms with Gasteiger partial charge in [-0.3, -0.25) is 4.98 Å². The van der Waals surface area contributed by atoms with Crippen LogP contribution in [-0.2, 0) is 13.0 Å². The summed E-state index contributed by atoms with van der Waals surface area (Å²) in [7, 11) is 0. The second-order valence-corrected chi connectivity index (χ2v) is 4.78. The minimum Gasteiger partial charge on any atom is -0.312 e. The molecule has 0 aliphatic heterocycles. The second-order valence-electron chi connectivity index (χ2n) is 4.00. The third-order valence-corrected chi connectivity index (χ3v) is 3.54. The molecule has 0 aliphatic carbocycles. The van der Waals surface area contributed by atoms with E-state index in [2.05, 4.69) is 10.3 Å². The lowest BCUT2D eigenvalue weighted by atomic mass is 10.2. The van der Waals surface area contributed by atoms with E-state index in [4.69, 9.17) is 23.2 Å². The van der Waals surface area contributed by atoms with Crippen molar-refractivity contribution in [2.45, 2.75) is 13.0 Å². The van der Waals surface area contributed by atoms with Gasteiger partial charge in [-0.1, -0.05) is 35.3 Å². The Morgan fingerprint density at radius 3 is 2.61 bits per heavy atom. The Kier molecular flexibility index (Phi) is 5.00. The molecule has 18 heavy (non-hydrogen) atoms. The molecule has 0 atom stereocenters. The van der Waals surface area contributed by atoms with Crippen LogP contribution in [0.1, 0.15) is 11.1 Å². The summed E-state index contributed by atoms with van der Waals surface area (Å²) in [5.41, 5.74) is 2.30. The first kappa shape index (κ1) is 13.3. The van der Waals surface area contributed by atoms with Crippen LogP contribution < -0.4 is 5.32 Å². The molecule has 1 N–H and O–H groups in total. The summed E-state index contributed by atoms with van der Waals surface area (Å²) >= 11 is 12.1. The van der Waals surface area contributed by atoms with Crippen LogP contribution in [0.5, 0.6) is 0 Å². The normalized spacial score (nSPS) is 10.6. The predicted molar refractivity (Wildman–Crippen MR) is 76.1 cm³/mol. The van der Waals surface area contributed by atoms with Gasteiger partial charge >= 0.3 is 0 Å². The Hall–Kier alpha value is -1.09. The minimum absolute atomic E-state index is 0.602. The smallest absolute Gasteiger partial charge is 0.0637 e. The van der Waals surface area contributed by atoms with Crippen molar-refractivity contribution in [3.63, 3.8) is 0 Å². The van der Waals surface area contributed by atoms with Crippen molar-refractivity contribution < 1.29 is 0 Å². The summed E-state index contributed by atoms with van der Waals surface area (Å²) in [5.74, 6) is 0. The maximum atomic E-state index is 6.11. The third kappa shape index (κ3) is 3.70. The van der Waals surface area contributed by atoms with E-state index in [0.29, 0.717) is 10.0 Å². The SMILES string of the molecule is Clc1cccc(CNCCc2ccncc2)c1Cl. The topological polar surface area (TPSA) is 24.9 Å². The number of aromatic nitrogens is 1. The number of hydrogen-bond acceptors (Lipinski definition) is 2. The zero-order valence-corrected chi connectivity index (χ0v) is 11.4. The lowest BCUT2D eigenvalue weighted by Gasteiger charge is -2.07. The number of nitrogens with zero attached hydrogens (tertiary/aromatic N) is 1. The molecule has 0 aliphatic rings. The quantitative estimate of drug-likeness (QED) is 0.845. The fourth-order valence-corrected chi connectivity index (χ4v) is 2.08. The van der Waals surface area contributed by atoms with Crippen LogP contribution in [0.3, 0.4) is 0 Å². The number of pyridine rings is 1. The first-order valence-electron chi connectivity index (χ1n) is 5.80. The molecule has 1 heterocycles. The summed E-state index contributed by atoms with van der Waals surface area (Å²) in [6.07, 6.45) is 4.59. The van der Waals surface area contributed by atoms with Crippen LogP contribution in [-0.4, -0.2) is 11.5 Å². The molecule has 0 unspecified atom stereocenters. The van der Waals surface area contributed by atoms with Gasteiger partial charge in [0.2, 0.25) is 0 Å². The molecule has 94 valence electrons. The monoisotopic (exact) mass is 280 g/mol. The number of benzene rings is 1. The molecule has 0 fully saturated rings. The van der Waals surface area contributed by atoms with Gasteiger partial charge in [-0.25, -0.2) is 0 Å². The van der Waals surface area contributed by atoms with Crippen LogP contribution in [0.2, 0.25) is 10.0 Å². The van der Waals surface area contributed by atoms with Gasteiger partial charge in [0.05, 0.1) is 10.0 Å². The van der Waals surface area contributed by atoms with E-state index in [-0.39, 0.29) is 0 Å². The molecule has 0 spiro atoms. The summed E-state index contributed by atoms with van der Waals surface area (Å²) < 4.78 is 0. The largest absolute Gasteiger partial charge is 0.312 e. The summed E-state index contributed by atoms with van der Waals surface area (Å²) in [6, 6.07) is 9.73. The Balaban J connectivity index is 1.81. The van der Waals surface area contributed by atoms with Gasteiger partial charge in [-0.15, -0.1) is 0 Å². The van der Waals surface area contributed by atoms with E-state index in [1.165, 1.54) is 5.56 Å². The van der Waals surface area contributed by atoms with Crippen LogP contribution >= 0.6 is 23.2 Å². The number of hydrogen-bond donors (Lipinski definition) is 1. The van der Waals surface area contributed by atoms with Gasteiger partial charge in [0.15, 0.2) is 0 Å². The van der Waals surface area contributed by atoms with Gasteiger partial charge in [0, 0.05) is 18.9 Å². The first-order chi connectivity index (χ1) is 8.77. The summed E-state index contributed by atoms with van der Waals surface area (Å²) in [5, 5.41) is 4.59. The van der Waals surface area contributed by atoms with Gasteiger partial charge < -0.3 is 5.32 Å². The lowest BCUT2D eigenvalue weighted by Crippen LogP contribution is -2.16. The lowest BCUT2D eigenvalue weighted by molar-refractivity contribution is 0.687. The molecule has 2 aromatic rings. The van der Waals surface area contributed by atoms with Crippen molar-refractivity contribution in [2.24, 2.45) is 0 Å². The van der Waals surface area contributed by atoms with Crippen LogP contribution in [0.4, 0.5) is 0 Å². The van der Waals surface area contributed by atoms with Crippen LogP contribution in [0, 0.1) is 0 Å². The predicted octanol–water partition coefficient (Wildman–Crippen LogP) is 3.72. The Labute approximate surface area is 117 Å². The molecule has 1 aromatic carbocycles. The van der Waals surface area contributed by atoms with E-state index >= 15 is 0 Å². The van der Waals surface area contributed by atoms with E-state index in [1.807, 2.05) is 36.7 Å². The number of halogens is 2. The standard InChI is InChI=1S/C14H14Cl2N2/c15-13-3-1-2-12(14(13)16)10-18-9-6-11-4-7-17-8-5-11/h1-5,7-8,18H,6,9-10H2. The summed E-state index contributed by atoms with van der Waals surface area (Å²) in [4.78, 5) is 3.99. The Bertz CT molecular complexity index is 500. The molecule has 0 radical (unpaired) electrons. The first-order valence-corrected chi connectivity index (χ1v) is 6.55. The van der Waals surface area contributed by atoms with Crippen molar-refractivity contribution in [2.75, 3.05) is 6.54 Å². The van der Waals surface area contributed by atoms with E-state index < -0.39 is 0 Å². The molecule has 0 bridgehead atoms. The van der Waals surface area contributed by atoms with E-state index in [0.717, 1.165) is 25.1 Å². The molecule has 2 rings (SSSR count). The summed E-state index contributed by atoms with van der Waals surface area (Å²) in [6.45, 7) is 1.62. The Morgan fingerprint density at radius 1 is 1.06 bits per heavy atom. The zero-order valence-electron chi connectivity index (χ0n) is 9.87. The van der Waals surface area contributed by atoms with Crippen molar-refractivity contribution in [3.05, 3.63) is 63.9 Å². The van der Waals surface area contributed by atoms with Crippen molar-refractivity contribution in [1.82, 2.24) is 10.3 Å². The van der Waals surface area contributed by atoms with Gasteiger partial charge in [0.25, 0.3) is 0 Å². The van der Waals surface area contributed by atoms with E-state index in [1.54, 1.807) is 6.07 Å². The number of nitrogens with one attached hydrogen (secondary N) is 1. The van der Waals surface area contributed by atoms with Crippen LogP contribution in [0.25, 0.3) is 0 Å². The second kappa shape index (κ2) is 6.74. The average Bonchev–Trinajstić information content (AvgIpc) is 2.40. The number of rotatable bonds is 5. The molecular formula is C14H14Cl2N2. The van der Waals surface area contributed by atoms with E-state index in [9.17, 15) is 0 Å². The molecule has 0 saturated heterocycles. The molecule has 4 heteroatoms. The van der Waals surface area contributed by atoms with Gasteiger partial charge in [0.1, 0.15) is 0 Å². The van der Waals surface area contributed by atoms with Crippen LogP contribution in [0.15, 0.2) is 42.7 Å². The zero-order chi connectivity index (χ0) is 12.8. The maximum absolute atomic E-state index is 6.11. The molecule has 2 nitrogen and oxygen atoms in total. The fraction of sp³-hybridized carbons (Fsp3) is 0.214. The highest BCUT2D eigenvalue weighted by atomic mass is 35.5. The highest BCUT2D eigenvalue weighted by Gasteiger charge is 2.03. The van der Waals surface area contributed by atoms with Gasteiger partial charge in [-0.2, -0.15) is 0 Å². The molecule has 0 amide bonds. The highest BCUT2D eigenvalue weighted by molar-refractivity contribution is 6.42. The molecule has 1 aromatic heterocycles. The highest BCUT2D eigenvalue weighted by Crippen LogP contribution is 2.25. The minimum atomic E-state index is 0.602. The third-order valence-electron chi connectivity index (χ3n) is 2.69. The Morgan fingerprint density at radius 2 is 1.83 bits per heavy atom. The fourth-order valence-electron chi connectivity index (χ4n) is 1.69.